The number of rotatable bonds is 4. The molecule has 0 radical (unpaired) electrons. The zero-order valence-electron chi connectivity index (χ0n) is 10.8. The highest BCUT2D eigenvalue weighted by Gasteiger charge is 2.40. The van der Waals surface area contributed by atoms with Crippen LogP contribution >= 0.6 is 11.3 Å². The van der Waals surface area contributed by atoms with Crippen LogP contribution in [0.25, 0.3) is 0 Å². The Morgan fingerprint density at radius 1 is 1.28 bits per heavy atom. The summed E-state index contributed by atoms with van der Waals surface area (Å²) in [6, 6.07) is 0.837. The topological polar surface area (TPSA) is 19.4 Å². The van der Waals surface area contributed by atoms with Crippen molar-refractivity contribution in [3.8, 4) is 0 Å². The zero-order chi connectivity index (χ0) is 11.9. The van der Waals surface area contributed by atoms with Crippen LogP contribution in [0.2, 0.25) is 0 Å². The largest absolute Gasteiger partial charge is 0.299 e. The third-order valence-corrected chi connectivity index (χ3v) is 5.40. The average Bonchev–Trinajstić information content (AvgIpc) is 2.94. The number of hydrogen-bond donors (Lipinski definition) is 0. The van der Waals surface area contributed by atoms with Crippen molar-refractivity contribution in [3.05, 3.63) is 16.6 Å². The van der Waals surface area contributed by atoms with E-state index in [0.29, 0.717) is 0 Å². The first-order valence-corrected chi connectivity index (χ1v) is 8.09. The molecule has 1 aliphatic carbocycles. The van der Waals surface area contributed by atoms with Gasteiger partial charge in [-0.3, -0.25) is 9.80 Å². The molecule has 4 rings (SSSR count). The van der Waals surface area contributed by atoms with Crippen LogP contribution in [0, 0.1) is 11.8 Å². The van der Waals surface area contributed by atoms with E-state index in [0.717, 1.165) is 24.4 Å². The van der Waals surface area contributed by atoms with E-state index in [1.54, 1.807) is 11.3 Å². The molecule has 2 atom stereocenters. The second kappa shape index (κ2) is 4.58. The van der Waals surface area contributed by atoms with E-state index in [9.17, 15) is 0 Å². The van der Waals surface area contributed by atoms with Crippen molar-refractivity contribution in [3.63, 3.8) is 0 Å². The van der Waals surface area contributed by atoms with Crippen LogP contribution < -0.4 is 0 Å². The Hall–Kier alpha value is -0.450. The molecule has 2 bridgehead atoms. The summed E-state index contributed by atoms with van der Waals surface area (Å²) in [5.74, 6) is 1.96. The van der Waals surface area contributed by atoms with Gasteiger partial charge in [-0.25, -0.2) is 4.98 Å². The van der Waals surface area contributed by atoms with E-state index in [1.807, 2.05) is 6.20 Å². The zero-order valence-corrected chi connectivity index (χ0v) is 11.6. The average molecular weight is 263 g/mol. The highest BCUT2D eigenvalue weighted by atomic mass is 32.1. The SMILES string of the molecule is c1csc(CN2C[C@H]3C[C@@H](C2)N(CC2CC2)C3)n1. The predicted molar refractivity (Wildman–Crippen MR) is 73.6 cm³/mol. The van der Waals surface area contributed by atoms with Crippen LogP contribution in [0.3, 0.4) is 0 Å². The van der Waals surface area contributed by atoms with E-state index in [1.165, 1.54) is 50.4 Å². The van der Waals surface area contributed by atoms with Crippen molar-refractivity contribution < 1.29 is 0 Å². The van der Waals surface area contributed by atoms with Crippen molar-refractivity contribution in [2.45, 2.75) is 31.8 Å². The van der Waals surface area contributed by atoms with Gasteiger partial charge in [0, 0.05) is 43.8 Å². The monoisotopic (exact) mass is 263 g/mol. The van der Waals surface area contributed by atoms with Crippen LogP contribution in [-0.2, 0) is 6.54 Å². The molecule has 2 aliphatic heterocycles. The molecule has 0 spiro atoms. The smallest absolute Gasteiger partial charge is 0.107 e. The summed E-state index contributed by atoms with van der Waals surface area (Å²) in [7, 11) is 0. The summed E-state index contributed by atoms with van der Waals surface area (Å²) in [5.41, 5.74) is 0. The summed E-state index contributed by atoms with van der Waals surface area (Å²) in [6.45, 7) is 6.36. The minimum atomic E-state index is 0.837. The van der Waals surface area contributed by atoms with Crippen LogP contribution in [0.15, 0.2) is 11.6 Å². The molecule has 1 saturated carbocycles. The number of hydrogen-bond acceptors (Lipinski definition) is 4. The second-order valence-electron chi connectivity index (χ2n) is 6.27. The molecule has 1 aromatic rings. The molecule has 98 valence electrons. The van der Waals surface area contributed by atoms with Gasteiger partial charge in [-0.05, 0) is 31.1 Å². The minimum Gasteiger partial charge on any atom is -0.299 e. The summed E-state index contributed by atoms with van der Waals surface area (Å²) >= 11 is 1.79. The molecular weight excluding hydrogens is 242 g/mol. The van der Waals surface area contributed by atoms with Crippen molar-refractivity contribution in [1.29, 1.82) is 0 Å². The fraction of sp³-hybridized carbons (Fsp3) is 0.786. The lowest BCUT2D eigenvalue weighted by Gasteiger charge is -2.32. The molecular formula is C14H21N3S. The van der Waals surface area contributed by atoms with E-state index in [4.69, 9.17) is 0 Å². The van der Waals surface area contributed by atoms with Crippen molar-refractivity contribution >= 4 is 11.3 Å². The summed E-state index contributed by atoms with van der Waals surface area (Å²) < 4.78 is 0. The quantitative estimate of drug-likeness (QED) is 0.829. The van der Waals surface area contributed by atoms with Gasteiger partial charge in [0.15, 0.2) is 0 Å². The fourth-order valence-electron chi connectivity index (χ4n) is 3.66. The fourth-order valence-corrected chi connectivity index (χ4v) is 4.31. The van der Waals surface area contributed by atoms with Crippen LogP contribution in [0.4, 0.5) is 0 Å². The molecule has 1 aromatic heterocycles. The minimum absolute atomic E-state index is 0.837. The Balaban J connectivity index is 1.38. The first-order chi connectivity index (χ1) is 8.87. The first-order valence-electron chi connectivity index (χ1n) is 7.21. The maximum Gasteiger partial charge on any atom is 0.107 e. The number of nitrogens with zero attached hydrogens (tertiary/aromatic N) is 3. The van der Waals surface area contributed by atoms with Crippen molar-refractivity contribution in [2.24, 2.45) is 11.8 Å². The second-order valence-corrected chi connectivity index (χ2v) is 7.25. The predicted octanol–water partition coefficient (Wildman–Crippen LogP) is 2.06. The normalized spacial score (nSPS) is 33.1. The Kier molecular flexibility index (Phi) is 2.90. The summed E-state index contributed by atoms with van der Waals surface area (Å²) in [5, 5.41) is 3.37. The lowest BCUT2D eigenvalue weighted by molar-refractivity contribution is 0.154. The maximum absolute atomic E-state index is 4.42. The Labute approximate surface area is 113 Å². The third kappa shape index (κ3) is 2.33. The van der Waals surface area contributed by atoms with Crippen LogP contribution in [-0.4, -0.2) is 47.0 Å². The van der Waals surface area contributed by atoms with Crippen molar-refractivity contribution in [2.75, 3.05) is 26.2 Å². The first kappa shape index (κ1) is 11.4. The lowest BCUT2D eigenvalue weighted by atomic mass is 10.00. The van der Waals surface area contributed by atoms with Crippen LogP contribution in [0.5, 0.6) is 0 Å². The maximum atomic E-state index is 4.42. The molecule has 0 N–H and O–H groups in total. The molecule has 3 heterocycles. The molecule has 18 heavy (non-hydrogen) atoms. The van der Waals surface area contributed by atoms with Gasteiger partial charge in [0.05, 0.1) is 6.54 Å². The molecule has 4 heteroatoms. The van der Waals surface area contributed by atoms with Gasteiger partial charge in [0.1, 0.15) is 5.01 Å². The van der Waals surface area contributed by atoms with E-state index >= 15 is 0 Å². The number of piperidine rings is 1. The number of aromatic nitrogens is 1. The molecule has 3 nitrogen and oxygen atoms in total. The summed E-state index contributed by atoms with van der Waals surface area (Å²) in [6.07, 6.45) is 6.34. The van der Waals surface area contributed by atoms with Gasteiger partial charge >= 0.3 is 0 Å². The Bertz CT molecular complexity index is 401. The summed E-state index contributed by atoms with van der Waals surface area (Å²) in [4.78, 5) is 9.83. The number of fused-ring (bicyclic) bond motifs is 2. The standard InChI is InChI=1S/C14H21N3S/c1-2-11(1)7-17-8-12-5-13(17)9-16(6-12)10-14-15-3-4-18-14/h3-4,11-13H,1-2,5-10H2/t12-,13+/m1/s1. The molecule has 3 fully saturated rings. The van der Waals surface area contributed by atoms with E-state index in [2.05, 4.69) is 20.2 Å². The van der Waals surface area contributed by atoms with Gasteiger partial charge in [-0.15, -0.1) is 11.3 Å². The molecule has 3 aliphatic rings. The molecule has 0 aromatic carbocycles. The number of thiazole rings is 1. The van der Waals surface area contributed by atoms with Gasteiger partial charge in [-0.2, -0.15) is 0 Å². The third-order valence-electron chi connectivity index (χ3n) is 4.63. The Morgan fingerprint density at radius 2 is 2.22 bits per heavy atom. The molecule has 2 saturated heterocycles. The molecule has 0 amide bonds. The lowest BCUT2D eigenvalue weighted by Crippen LogP contribution is -2.42. The molecule has 0 unspecified atom stereocenters. The highest BCUT2D eigenvalue weighted by molar-refractivity contribution is 7.09. The van der Waals surface area contributed by atoms with E-state index in [-0.39, 0.29) is 0 Å². The van der Waals surface area contributed by atoms with Gasteiger partial charge in [-0.1, -0.05) is 0 Å². The van der Waals surface area contributed by atoms with E-state index < -0.39 is 0 Å². The Morgan fingerprint density at radius 3 is 3.00 bits per heavy atom. The number of likely N-dealkylation sites (tertiary alicyclic amines) is 2. The van der Waals surface area contributed by atoms with Gasteiger partial charge < -0.3 is 0 Å². The van der Waals surface area contributed by atoms with Gasteiger partial charge in [0.2, 0.25) is 0 Å². The highest BCUT2D eigenvalue weighted by Crippen LogP contribution is 2.36. The van der Waals surface area contributed by atoms with Crippen LogP contribution in [0.1, 0.15) is 24.3 Å². The van der Waals surface area contributed by atoms with Crippen molar-refractivity contribution in [1.82, 2.24) is 14.8 Å². The van der Waals surface area contributed by atoms with Gasteiger partial charge in [0.25, 0.3) is 0 Å².